The molecular weight excluding hydrogens is 244 g/mol. The van der Waals surface area contributed by atoms with Crippen LogP contribution in [-0.4, -0.2) is 11.0 Å². The largest absolute Gasteiger partial charge is 0.385 e. The van der Waals surface area contributed by atoms with Crippen molar-refractivity contribution in [3.05, 3.63) is 60.2 Å². The van der Waals surface area contributed by atoms with Crippen LogP contribution in [0.2, 0.25) is 0 Å². The Bertz CT molecular complexity index is 488. The third kappa shape index (κ3) is 2.92. The topological polar surface area (TPSA) is 20.2 Å². The van der Waals surface area contributed by atoms with Crippen LogP contribution in [0.3, 0.4) is 0 Å². The summed E-state index contributed by atoms with van der Waals surface area (Å²) in [6.45, 7) is 1.80. The Hall–Kier alpha value is -1.31. The van der Waals surface area contributed by atoms with Gasteiger partial charge < -0.3 is 5.11 Å². The molecule has 0 bridgehead atoms. The van der Waals surface area contributed by atoms with Gasteiger partial charge in [-0.15, -0.1) is 11.6 Å². The molecule has 0 aromatic heterocycles. The smallest absolute Gasteiger partial charge is 0.0879 e. The summed E-state index contributed by atoms with van der Waals surface area (Å²) in [5.74, 6) is 0.452. The second kappa shape index (κ2) is 5.55. The van der Waals surface area contributed by atoms with E-state index < -0.39 is 5.60 Å². The Morgan fingerprint density at radius 1 is 0.944 bits per heavy atom. The van der Waals surface area contributed by atoms with E-state index in [2.05, 4.69) is 12.1 Å². The average molecular weight is 261 g/mol. The lowest BCUT2D eigenvalue weighted by atomic mass is 9.92. The average Bonchev–Trinajstić information content (AvgIpc) is 2.40. The van der Waals surface area contributed by atoms with E-state index in [1.54, 1.807) is 6.92 Å². The molecule has 0 heterocycles. The summed E-state index contributed by atoms with van der Waals surface area (Å²) < 4.78 is 0. The zero-order valence-electron chi connectivity index (χ0n) is 10.4. The third-order valence-corrected chi connectivity index (χ3v) is 3.38. The zero-order valence-corrected chi connectivity index (χ0v) is 11.2. The molecule has 2 aromatic rings. The number of aliphatic hydroxyl groups is 1. The first-order valence-corrected chi connectivity index (χ1v) is 6.61. The molecule has 1 N–H and O–H groups in total. The van der Waals surface area contributed by atoms with Crippen LogP contribution in [0.1, 0.15) is 18.9 Å². The van der Waals surface area contributed by atoms with Crippen LogP contribution < -0.4 is 0 Å². The maximum atomic E-state index is 10.3. The van der Waals surface area contributed by atoms with Gasteiger partial charge in [-0.1, -0.05) is 54.6 Å². The molecule has 2 aromatic carbocycles. The highest BCUT2D eigenvalue weighted by Gasteiger charge is 2.21. The molecule has 18 heavy (non-hydrogen) atoms. The zero-order chi connectivity index (χ0) is 13.0. The summed E-state index contributed by atoms with van der Waals surface area (Å²) in [5, 5.41) is 10.3. The minimum atomic E-state index is -0.850. The van der Waals surface area contributed by atoms with Crippen LogP contribution in [0.25, 0.3) is 11.1 Å². The summed E-state index contributed by atoms with van der Waals surface area (Å²) in [6.07, 6.45) is 0.555. The fourth-order valence-corrected chi connectivity index (χ4v) is 2.35. The van der Waals surface area contributed by atoms with E-state index in [0.717, 1.165) is 11.1 Å². The number of rotatable bonds is 4. The summed E-state index contributed by atoms with van der Waals surface area (Å²) in [5.41, 5.74) is 2.39. The van der Waals surface area contributed by atoms with Crippen LogP contribution in [0.4, 0.5) is 0 Å². The van der Waals surface area contributed by atoms with Crippen molar-refractivity contribution in [2.45, 2.75) is 18.9 Å². The summed E-state index contributed by atoms with van der Waals surface area (Å²) in [7, 11) is 0. The van der Waals surface area contributed by atoms with Gasteiger partial charge in [0.25, 0.3) is 0 Å². The SMILES string of the molecule is CC(O)(CCCl)c1ccc(-c2ccccc2)cc1. The first kappa shape index (κ1) is 13.1. The molecule has 0 aliphatic carbocycles. The van der Waals surface area contributed by atoms with Crippen molar-refractivity contribution in [1.82, 2.24) is 0 Å². The van der Waals surface area contributed by atoms with E-state index in [0.29, 0.717) is 12.3 Å². The second-order valence-corrected chi connectivity index (χ2v) is 5.03. The Morgan fingerprint density at radius 2 is 1.50 bits per heavy atom. The van der Waals surface area contributed by atoms with Crippen molar-refractivity contribution in [2.75, 3.05) is 5.88 Å². The lowest BCUT2D eigenvalue weighted by Crippen LogP contribution is -2.21. The van der Waals surface area contributed by atoms with Crippen LogP contribution in [0, 0.1) is 0 Å². The molecule has 2 heteroatoms. The minimum absolute atomic E-state index is 0.452. The molecule has 0 fully saturated rings. The second-order valence-electron chi connectivity index (χ2n) is 4.66. The monoisotopic (exact) mass is 260 g/mol. The van der Waals surface area contributed by atoms with E-state index in [9.17, 15) is 5.11 Å². The highest BCUT2D eigenvalue weighted by atomic mass is 35.5. The summed E-state index contributed by atoms with van der Waals surface area (Å²) in [4.78, 5) is 0. The van der Waals surface area contributed by atoms with Gasteiger partial charge in [-0.25, -0.2) is 0 Å². The van der Waals surface area contributed by atoms with Gasteiger partial charge in [0, 0.05) is 5.88 Å². The molecule has 1 nitrogen and oxygen atoms in total. The third-order valence-electron chi connectivity index (χ3n) is 3.20. The van der Waals surface area contributed by atoms with Crippen molar-refractivity contribution in [3.63, 3.8) is 0 Å². The van der Waals surface area contributed by atoms with Crippen LogP contribution in [0.5, 0.6) is 0 Å². The number of benzene rings is 2. The number of hydrogen-bond acceptors (Lipinski definition) is 1. The number of alkyl halides is 1. The number of hydrogen-bond donors (Lipinski definition) is 1. The van der Waals surface area contributed by atoms with Crippen LogP contribution >= 0.6 is 11.6 Å². The van der Waals surface area contributed by atoms with Crippen molar-refractivity contribution in [1.29, 1.82) is 0 Å². The molecule has 0 amide bonds. The van der Waals surface area contributed by atoms with Gasteiger partial charge in [0.05, 0.1) is 5.60 Å². The molecule has 94 valence electrons. The van der Waals surface area contributed by atoms with Gasteiger partial charge in [-0.05, 0) is 30.0 Å². The molecule has 0 radical (unpaired) electrons. The molecule has 0 saturated carbocycles. The predicted molar refractivity (Wildman–Crippen MR) is 76.8 cm³/mol. The molecule has 1 unspecified atom stereocenters. The highest BCUT2D eigenvalue weighted by Crippen LogP contribution is 2.27. The van der Waals surface area contributed by atoms with Crippen LogP contribution in [0.15, 0.2) is 54.6 Å². The molecule has 1 atom stereocenters. The van der Waals surface area contributed by atoms with E-state index >= 15 is 0 Å². The van der Waals surface area contributed by atoms with Gasteiger partial charge >= 0.3 is 0 Å². The van der Waals surface area contributed by atoms with Crippen molar-refractivity contribution in [3.8, 4) is 11.1 Å². The van der Waals surface area contributed by atoms with E-state index in [1.165, 1.54) is 5.56 Å². The standard InChI is InChI=1S/C16H17ClO/c1-16(18,11-12-17)15-9-7-14(8-10-15)13-5-3-2-4-6-13/h2-10,18H,11-12H2,1H3. The van der Waals surface area contributed by atoms with Crippen molar-refractivity contribution >= 4 is 11.6 Å². The van der Waals surface area contributed by atoms with E-state index in [1.807, 2.05) is 42.5 Å². The Kier molecular flexibility index (Phi) is 4.05. The fourth-order valence-electron chi connectivity index (χ4n) is 1.98. The van der Waals surface area contributed by atoms with Gasteiger partial charge in [0.1, 0.15) is 0 Å². The summed E-state index contributed by atoms with van der Waals surface area (Å²) >= 11 is 5.70. The van der Waals surface area contributed by atoms with Gasteiger partial charge in [-0.2, -0.15) is 0 Å². The lowest BCUT2D eigenvalue weighted by molar-refractivity contribution is 0.0540. The molecule has 0 saturated heterocycles. The van der Waals surface area contributed by atoms with Gasteiger partial charge in [0.15, 0.2) is 0 Å². The van der Waals surface area contributed by atoms with E-state index in [-0.39, 0.29) is 0 Å². The Labute approximate surface area is 113 Å². The molecule has 0 spiro atoms. The highest BCUT2D eigenvalue weighted by molar-refractivity contribution is 6.17. The molecule has 0 aliphatic rings. The first-order chi connectivity index (χ1) is 8.63. The Balaban J connectivity index is 2.26. The normalized spacial score (nSPS) is 14.2. The number of halogens is 1. The minimum Gasteiger partial charge on any atom is -0.385 e. The van der Waals surface area contributed by atoms with Crippen LogP contribution in [-0.2, 0) is 5.60 Å². The quantitative estimate of drug-likeness (QED) is 0.818. The van der Waals surface area contributed by atoms with Gasteiger partial charge in [0.2, 0.25) is 0 Å². The lowest BCUT2D eigenvalue weighted by Gasteiger charge is -2.23. The Morgan fingerprint density at radius 3 is 2.06 bits per heavy atom. The van der Waals surface area contributed by atoms with E-state index in [4.69, 9.17) is 11.6 Å². The van der Waals surface area contributed by atoms with Crippen molar-refractivity contribution < 1.29 is 5.11 Å². The first-order valence-electron chi connectivity index (χ1n) is 6.08. The summed E-state index contributed by atoms with van der Waals surface area (Å²) in [6, 6.07) is 18.2. The maximum absolute atomic E-state index is 10.3. The molecule has 2 rings (SSSR count). The maximum Gasteiger partial charge on any atom is 0.0879 e. The molecule has 0 aliphatic heterocycles. The van der Waals surface area contributed by atoms with Gasteiger partial charge in [-0.3, -0.25) is 0 Å². The van der Waals surface area contributed by atoms with Crippen molar-refractivity contribution in [2.24, 2.45) is 0 Å². The predicted octanol–water partition coefficient (Wildman–Crippen LogP) is 4.19. The fraction of sp³-hybridized carbons (Fsp3) is 0.250. The molecular formula is C16H17ClO.